The van der Waals surface area contributed by atoms with Crippen molar-refractivity contribution in [3.8, 4) is 0 Å². The molecule has 22 heavy (non-hydrogen) atoms. The van der Waals surface area contributed by atoms with Gasteiger partial charge in [-0.15, -0.1) is 0 Å². The standard InChI is InChI=1S/C21H40S/c1-14(18(4,5)6)15(2)21(13,22)17(20(10,11)12)16(3)19(7,8)9/h15,22H,1H2,2-13H3/b17-16+. The van der Waals surface area contributed by atoms with Crippen LogP contribution < -0.4 is 0 Å². The molecule has 0 radical (unpaired) electrons. The average molecular weight is 325 g/mol. The summed E-state index contributed by atoms with van der Waals surface area (Å²) in [7, 11) is 0. The van der Waals surface area contributed by atoms with Crippen LogP contribution in [0.5, 0.6) is 0 Å². The fourth-order valence-electron chi connectivity index (χ4n) is 3.28. The van der Waals surface area contributed by atoms with E-state index in [1.54, 1.807) is 0 Å². The largest absolute Gasteiger partial charge is 0.168 e. The molecule has 0 spiro atoms. The molecule has 0 N–H and O–H groups in total. The van der Waals surface area contributed by atoms with E-state index in [1.165, 1.54) is 16.7 Å². The first kappa shape index (κ1) is 21.8. The molecule has 0 nitrogen and oxygen atoms in total. The average Bonchev–Trinajstić information content (AvgIpc) is 2.21. The Bertz CT molecular complexity index is 442. The summed E-state index contributed by atoms with van der Waals surface area (Å²) in [5, 5.41) is 0. The fourth-order valence-corrected chi connectivity index (χ4v) is 3.94. The van der Waals surface area contributed by atoms with Crippen molar-refractivity contribution in [3.63, 3.8) is 0 Å². The highest BCUT2D eigenvalue weighted by molar-refractivity contribution is 7.82. The molecule has 0 aromatic carbocycles. The number of thiol groups is 1. The summed E-state index contributed by atoms with van der Waals surface area (Å²) in [5.41, 5.74) is 4.51. The molecular weight excluding hydrogens is 284 g/mol. The lowest BCUT2D eigenvalue weighted by molar-refractivity contribution is 0.350. The highest BCUT2D eigenvalue weighted by Gasteiger charge is 2.42. The van der Waals surface area contributed by atoms with Gasteiger partial charge in [-0.2, -0.15) is 12.6 Å². The normalized spacial score (nSPS) is 19.3. The van der Waals surface area contributed by atoms with Crippen LogP contribution in [-0.2, 0) is 0 Å². The van der Waals surface area contributed by atoms with Gasteiger partial charge < -0.3 is 0 Å². The van der Waals surface area contributed by atoms with Crippen molar-refractivity contribution < 1.29 is 0 Å². The minimum Gasteiger partial charge on any atom is -0.168 e. The van der Waals surface area contributed by atoms with Crippen molar-refractivity contribution in [2.24, 2.45) is 22.2 Å². The van der Waals surface area contributed by atoms with E-state index in [2.05, 4.69) is 89.7 Å². The molecule has 0 fully saturated rings. The highest BCUT2D eigenvalue weighted by Crippen LogP contribution is 2.50. The molecule has 130 valence electrons. The van der Waals surface area contributed by atoms with Crippen LogP contribution >= 0.6 is 12.6 Å². The van der Waals surface area contributed by atoms with Gasteiger partial charge in [-0.3, -0.25) is 0 Å². The second kappa shape index (κ2) is 6.38. The van der Waals surface area contributed by atoms with Crippen LogP contribution in [0.2, 0.25) is 0 Å². The first-order valence-electron chi connectivity index (χ1n) is 8.48. The molecule has 0 saturated carbocycles. The minimum absolute atomic E-state index is 0.0836. The van der Waals surface area contributed by atoms with Crippen molar-refractivity contribution in [2.75, 3.05) is 0 Å². The molecule has 0 aliphatic carbocycles. The lowest BCUT2D eigenvalue weighted by Crippen LogP contribution is -2.40. The van der Waals surface area contributed by atoms with Gasteiger partial charge in [0.05, 0.1) is 0 Å². The Hall–Kier alpha value is -0.170. The topological polar surface area (TPSA) is 0 Å². The molecule has 0 bridgehead atoms. The Morgan fingerprint density at radius 2 is 1.14 bits per heavy atom. The van der Waals surface area contributed by atoms with E-state index in [-0.39, 0.29) is 21.0 Å². The van der Waals surface area contributed by atoms with Gasteiger partial charge in [0.1, 0.15) is 0 Å². The van der Waals surface area contributed by atoms with E-state index in [4.69, 9.17) is 12.6 Å². The SMILES string of the molecule is C=C(C(C)C(C)(S)/C(=C(\C)C(C)(C)C)C(C)(C)C)C(C)(C)C. The molecular formula is C21H40S. The molecule has 1 heteroatoms. The summed E-state index contributed by atoms with van der Waals surface area (Å²) in [4.78, 5) is 0. The zero-order chi connectivity index (χ0) is 18.3. The van der Waals surface area contributed by atoms with Crippen molar-refractivity contribution in [1.82, 2.24) is 0 Å². The van der Waals surface area contributed by atoms with Gasteiger partial charge >= 0.3 is 0 Å². The lowest BCUT2D eigenvalue weighted by Gasteiger charge is -2.46. The first-order valence-corrected chi connectivity index (χ1v) is 8.93. The van der Waals surface area contributed by atoms with E-state index in [1.807, 2.05) is 0 Å². The monoisotopic (exact) mass is 324 g/mol. The smallest absolute Gasteiger partial charge is 0.0380 e. The molecule has 0 aromatic rings. The Morgan fingerprint density at radius 1 is 0.773 bits per heavy atom. The zero-order valence-corrected chi connectivity index (χ0v) is 18.1. The van der Waals surface area contributed by atoms with Crippen molar-refractivity contribution in [2.45, 2.75) is 87.8 Å². The third-order valence-corrected chi connectivity index (χ3v) is 5.70. The highest BCUT2D eigenvalue weighted by atomic mass is 32.1. The van der Waals surface area contributed by atoms with Crippen LogP contribution in [0, 0.1) is 22.2 Å². The zero-order valence-electron chi connectivity index (χ0n) is 17.2. The quantitative estimate of drug-likeness (QED) is 0.408. The number of allylic oxidation sites excluding steroid dienone is 2. The third-order valence-electron chi connectivity index (χ3n) is 5.09. The Balaban J connectivity index is 6.25. The van der Waals surface area contributed by atoms with Crippen LogP contribution in [0.4, 0.5) is 0 Å². The van der Waals surface area contributed by atoms with Crippen molar-refractivity contribution in [3.05, 3.63) is 23.3 Å². The van der Waals surface area contributed by atoms with E-state index < -0.39 is 0 Å². The van der Waals surface area contributed by atoms with Gasteiger partial charge in [0.2, 0.25) is 0 Å². The van der Waals surface area contributed by atoms with E-state index in [0.29, 0.717) is 5.92 Å². The number of hydrogen-bond acceptors (Lipinski definition) is 1. The predicted octanol–water partition coefficient (Wildman–Crippen LogP) is 7.32. The van der Waals surface area contributed by atoms with Gasteiger partial charge in [0, 0.05) is 4.75 Å². The molecule has 2 atom stereocenters. The van der Waals surface area contributed by atoms with Crippen molar-refractivity contribution in [1.29, 1.82) is 0 Å². The molecule has 0 saturated heterocycles. The Labute approximate surface area is 146 Å². The minimum atomic E-state index is -0.208. The van der Waals surface area contributed by atoms with Gasteiger partial charge in [-0.25, -0.2) is 0 Å². The summed E-state index contributed by atoms with van der Waals surface area (Å²) in [5.74, 6) is 0.308. The van der Waals surface area contributed by atoms with Gasteiger partial charge in [0.15, 0.2) is 0 Å². The molecule has 0 aromatic heterocycles. The van der Waals surface area contributed by atoms with Crippen LogP contribution in [0.3, 0.4) is 0 Å². The van der Waals surface area contributed by atoms with Gasteiger partial charge in [-0.1, -0.05) is 87.0 Å². The van der Waals surface area contributed by atoms with Crippen molar-refractivity contribution >= 4 is 12.6 Å². The van der Waals surface area contributed by atoms with Crippen LogP contribution in [0.15, 0.2) is 23.3 Å². The first-order chi connectivity index (χ1) is 9.34. The van der Waals surface area contributed by atoms with Crippen LogP contribution in [0.25, 0.3) is 0 Å². The van der Waals surface area contributed by atoms with E-state index >= 15 is 0 Å². The number of hydrogen-bond donors (Lipinski definition) is 1. The molecule has 0 aliphatic heterocycles. The third kappa shape index (κ3) is 4.91. The van der Waals surface area contributed by atoms with Crippen LogP contribution in [0.1, 0.15) is 83.1 Å². The molecule has 2 unspecified atom stereocenters. The maximum atomic E-state index is 5.19. The van der Waals surface area contributed by atoms with Gasteiger partial charge in [0.25, 0.3) is 0 Å². The second-order valence-corrected chi connectivity index (χ2v) is 11.1. The fraction of sp³-hybridized carbons (Fsp3) is 0.810. The second-order valence-electron chi connectivity index (χ2n) is 10.1. The van der Waals surface area contributed by atoms with Gasteiger partial charge in [-0.05, 0) is 41.6 Å². The molecule has 0 rings (SSSR count). The molecule has 0 amide bonds. The summed E-state index contributed by atoms with van der Waals surface area (Å²) < 4.78 is -0.208. The predicted molar refractivity (Wildman–Crippen MR) is 107 cm³/mol. The summed E-state index contributed by atoms with van der Waals surface area (Å²) in [6.07, 6.45) is 0. The Morgan fingerprint density at radius 3 is 1.36 bits per heavy atom. The number of rotatable bonds is 3. The maximum absolute atomic E-state index is 5.19. The summed E-state index contributed by atoms with van der Waals surface area (Å²) >= 11 is 5.19. The molecule has 0 aliphatic rings. The maximum Gasteiger partial charge on any atom is 0.0380 e. The summed E-state index contributed by atoms with van der Waals surface area (Å²) in [6.45, 7) is 31.8. The van der Waals surface area contributed by atoms with Crippen LogP contribution in [-0.4, -0.2) is 4.75 Å². The summed E-state index contributed by atoms with van der Waals surface area (Å²) in [6, 6.07) is 0. The lowest BCUT2D eigenvalue weighted by atomic mass is 9.65. The Kier molecular flexibility index (Phi) is 6.33. The van der Waals surface area contributed by atoms with E-state index in [9.17, 15) is 0 Å². The molecule has 0 heterocycles. The van der Waals surface area contributed by atoms with E-state index in [0.717, 1.165) is 0 Å².